The van der Waals surface area contributed by atoms with Crippen LogP contribution in [0.4, 0.5) is 5.69 Å². The van der Waals surface area contributed by atoms with E-state index in [2.05, 4.69) is 5.10 Å². The predicted octanol–water partition coefficient (Wildman–Crippen LogP) is 1.35. The van der Waals surface area contributed by atoms with E-state index in [1.165, 1.54) is 10.7 Å². The fraction of sp³-hybridized carbons (Fsp3) is 0.357. The number of carbonyl (C=O) groups is 1. The first-order valence-corrected chi connectivity index (χ1v) is 6.53. The van der Waals surface area contributed by atoms with Gasteiger partial charge < -0.3 is 14.4 Å². The van der Waals surface area contributed by atoms with Crippen molar-refractivity contribution in [3.05, 3.63) is 45.8 Å². The molecule has 0 unspecified atom stereocenters. The molecule has 7 heteroatoms. The van der Waals surface area contributed by atoms with Gasteiger partial charge in [-0.15, -0.1) is 0 Å². The average molecular weight is 291 g/mol. The Bertz CT molecular complexity index is 717. The van der Waals surface area contributed by atoms with E-state index in [0.717, 1.165) is 12.2 Å². The van der Waals surface area contributed by atoms with E-state index < -0.39 is 5.97 Å². The molecule has 21 heavy (non-hydrogen) atoms. The zero-order chi connectivity index (χ0) is 15.6. The number of aromatic carboxylic acids is 1. The van der Waals surface area contributed by atoms with Crippen molar-refractivity contribution in [1.29, 1.82) is 0 Å². The maximum atomic E-state index is 12.0. The highest BCUT2D eigenvalue weighted by Crippen LogP contribution is 2.15. The quantitative estimate of drug-likeness (QED) is 0.894. The van der Waals surface area contributed by atoms with Gasteiger partial charge >= 0.3 is 5.97 Å². The molecule has 0 aliphatic heterocycles. The molecular weight excluding hydrogens is 274 g/mol. The van der Waals surface area contributed by atoms with Crippen molar-refractivity contribution >= 4 is 11.7 Å². The van der Waals surface area contributed by atoms with Crippen LogP contribution in [0.3, 0.4) is 0 Å². The van der Waals surface area contributed by atoms with Gasteiger partial charge in [-0.1, -0.05) is 0 Å². The molecule has 1 N–H and O–H groups in total. The molecule has 0 spiro atoms. The smallest absolute Gasteiger partial charge is 0.372 e. The molecule has 0 radical (unpaired) electrons. The third kappa shape index (κ3) is 3.13. The number of aryl methyl sites for hydroxylation is 1. The lowest BCUT2D eigenvalue weighted by Crippen LogP contribution is -2.25. The summed E-state index contributed by atoms with van der Waals surface area (Å²) in [5.41, 5.74) is 0.993. The molecule has 2 heterocycles. The summed E-state index contributed by atoms with van der Waals surface area (Å²) in [6, 6.07) is 3.09. The van der Waals surface area contributed by atoms with Gasteiger partial charge in [-0.25, -0.2) is 9.48 Å². The van der Waals surface area contributed by atoms with Crippen molar-refractivity contribution in [3.8, 4) is 0 Å². The number of hydrogen-bond acceptors (Lipinski definition) is 5. The summed E-state index contributed by atoms with van der Waals surface area (Å²) in [4.78, 5) is 24.8. The van der Waals surface area contributed by atoms with Crippen molar-refractivity contribution in [3.63, 3.8) is 0 Å². The SMILES string of the molecule is CCN(C)c1cnn(Cc2cc(C)c(C(=O)O)o2)c(=O)c1. The molecule has 0 fully saturated rings. The number of anilines is 1. The number of carboxylic acids is 1. The molecule has 2 aromatic rings. The van der Waals surface area contributed by atoms with Gasteiger partial charge in [0.2, 0.25) is 5.76 Å². The Labute approximate surface area is 121 Å². The Hall–Kier alpha value is -2.57. The molecule has 0 saturated carbocycles. The number of carboxylic acid groups (broad SMARTS) is 1. The molecule has 0 aliphatic carbocycles. The molecule has 0 saturated heterocycles. The van der Waals surface area contributed by atoms with Gasteiger partial charge in [0.1, 0.15) is 12.3 Å². The van der Waals surface area contributed by atoms with Crippen LogP contribution in [-0.2, 0) is 6.54 Å². The highest BCUT2D eigenvalue weighted by molar-refractivity contribution is 5.86. The second-order valence-corrected chi connectivity index (χ2v) is 4.75. The van der Waals surface area contributed by atoms with Crippen LogP contribution in [0.15, 0.2) is 27.5 Å². The first-order valence-electron chi connectivity index (χ1n) is 6.53. The molecule has 0 bridgehead atoms. The summed E-state index contributed by atoms with van der Waals surface area (Å²) in [5.74, 6) is -0.851. The lowest BCUT2D eigenvalue weighted by molar-refractivity contribution is 0.0659. The van der Waals surface area contributed by atoms with E-state index in [4.69, 9.17) is 9.52 Å². The molecule has 0 atom stereocenters. The van der Waals surface area contributed by atoms with Crippen LogP contribution < -0.4 is 10.5 Å². The lowest BCUT2D eigenvalue weighted by atomic mass is 10.2. The van der Waals surface area contributed by atoms with Crippen LogP contribution in [0.5, 0.6) is 0 Å². The third-order valence-electron chi connectivity index (χ3n) is 3.24. The lowest BCUT2D eigenvalue weighted by Gasteiger charge is -2.16. The van der Waals surface area contributed by atoms with Gasteiger partial charge in [-0.3, -0.25) is 4.79 Å². The minimum absolute atomic E-state index is 0.100. The number of aromatic nitrogens is 2. The molecule has 7 nitrogen and oxygen atoms in total. The standard InChI is InChI=1S/C14H17N3O4/c1-4-16(3)10-6-12(18)17(15-7-10)8-11-5-9(2)13(21-11)14(19)20/h5-7H,4,8H2,1-3H3,(H,19,20). The Morgan fingerprint density at radius 1 is 1.48 bits per heavy atom. The summed E-state index contributed by atoms with van der Waals surface area (Å²) in [6.07, 6.45) is 1.60. The van der Waals surface area contributed by atoms with Crippen molar-refractivity contribution in [2.45, 2.75) is 20.4 Å². The summed E-state index contributed by atoms with van der Waals surface area (Å²) < 4.78 is 6.46. The third-order valence-corrected chi connectivity index (χ3v) is 3.24. The van der Waals surface area contributed by atoms with Crippen LogP contribution in [0, 0.1) is 6.92 Å². The monoisotopic (exact) mass is 291 g/mol. The van der Waals surface area contributed by atoms with Crippen molar-refractivity contribution in [2.24, 2.45) is 0 Å². The second-order valence-electron chi connectivity index (χ2n) is 4.75. The molecule has 2 aromatic heterocycles. The molecule has 0 aliphatic rings. The molecule has 0 amide bonds. The summed E-state index contributed by atoms with van der Waals surface area (Å²) in [5, 5.41) is 13.0. The second kappa shape index (κ2) is 5.82. The summed E-state index contributed by atoms with van der Waals surface area (Å²) >= 11 is 0. The van der Waals surface area contributed by atoms with E-state index in [1.807, 2.05) is 18.9 Å². The number of rotatable bonds is 5. The summed E-state index contributed by atoms with van der Waals surface area (Å²) in [6.45, 7) is 4.49. The van der Waals surface area contributed by atoms with Crippen LogP contribution >= 0.6 is 0 Å². The fourth-order valence-corrected chi connectivity index (χ4v) is 1.92. The molecule has 2 rings (SSSR count). The highest BCUT2D eigenvalue weighted by atomic mass is 16.4. The molecule has 0 aromatic carbocycles. The Kier molecular flexibility index (Phi) is 4.11. The van der Waals surface area contributed by atoms with E-state index in [0.29, 0.717) is 11.3 Å². The average Bonchev–Trinajstić information content (AvgIpc) is 2.81. The van der Waals surface area contributed by atoms with Crippen molar-refractivity contribution < 1.29 is 14.3 Å². The normalized spacial score (nSPS) is 10.6. The zero-order valence-electron chi connectivity index (χ0n) is 12.2. The minimum Gasteiger partial charge on any atom is -0.475 e. The predicted molar refractivity (Wildman–Crippen MR) is 76.9 cm³/mol. The van der Waals surface area contributed by atoms with Crippen molar-refractivity contribution in [2.75, 3.05) is 18.5 Å². The van der Waals surface area contributed by atoms with E-state index in [-0.39, 0.29) is 17.9 Å². The maximum Gasteiger partial charge on any atom is 0.372 e. The van der Waals surface area contributed by atoms with Gasteiger partial charge in [0.25, 0.3) is 5.56 Å². The van der Waals surface area contributed by atoms with Gasteiger partial charge in [-0.2, -0.15) is 5.10 Å². The Morgan fingerprint density at radius 2 is 2.19 bits per heavy atom. The van der Waals surface area contributed by atoms with E-state index >= 15 is 0 Å². The molecular formula is C14H17N3O4. The first-order chi connectivity index (χ1) is 9.92. The Balaban J connectivity index is 2.26. The fourth-order valence-electron chi connectivity index (χ4n) is 1.92. The Morgan fingerprint density at radius 3 is 2.71 bits per heavy atom. The van der Waals surface area contributed by atoms with Gasteiger partial charge in [0, 0.05) is 25.2 Å². The van der Waals surface area contributed by atoms with Crippen molar-refractivity contribution in [1.82, 2.24) is 9.78 Å². The number of hydrogen-bond donors (Lipinski definition) is 1. The van der Waals surface area contributed by atoms with Gasteiger partial charge in [0.05, 0.1) is 11.9 Å². The first kappa shape index (κ1) is 14.8. The van der Waals surface area contributed by atoms with E-state index in [1.54, 1.807) is 19.2 Å². The van der Waals surface area contributed by atoms with Crippen LogP contribution in [0.25, 0.3) is 0 Å². The summed E-state index contributed by atoms with van der Waals surface area (Å²) in [7, 11) is 1.87. The number of nitrogens with zero attached hydrogens (tertiary/aromatic N) is 3. The highest BCUT2D eigenvalue weighted by Gasteiger charge is 2.15. The minimum atomic E-state index is -1.13. The van der Waals surface area contributed by atoms with Gasteiger partial charge in [0.15, 0.2) is 0 Å². The van der Waals surface area contributed by atoms with Crippen LogP contribution in [0.2, 0.25) is 0 Å². The van der Waals surface area contributed by atoms with Crippen LogP contribution in [-0.4, -0.2) is 34.4 Å². The topological polar surface area (TPSA) is 88.6 Å². The largest absolute Gasteiger partial charge is 0.475 e. The van der Waals surface area contributed by atoms with Crippen LogP contribution in [0.1, 0.15) is 28.8 Å². The molecule has 112 valence electrons. The zero-order valence-corrected chi connectivity index (χ0v) is 12.2. The van der Waals surface area contributed by atoms with E-state index in [9.17, 15) is 9.59 Å². The van der Waals surface area contributed by atoms with Gasteiger partial charge in [-0.05, 0) is 19.9 Å². The number of furan rings is 1. The maximum absolute atomic E-state index is 12.0.